The van der Waals surface area contributed by atoms with Crippen LogP contribution < -0.4 is 0 Å². The molecule has 0 unspecified atom stereocenters. The van der Waals surface area contributed by atoms with Crippen molar-refractivity contribution in [1.29, 1.82) is 0 Å². The largest absolute Gasteiger partial charge is 0.513 e. The van der Waals surface area contributed by atoms with Crippen LogP contribution in [0.1, 0.15) is 13.8 Å². The predicted octanol–water partition coefficient (Wildman–Crippen LogP) is 1.39. The van der Waals surface area contributed by atoms with Gasteiger partial charge in [-0.1, -0.05) is 6.08 Å². The molecule has 0 saturated heterocycles. The van der Waals surface area contributed by atoms with Crippen LogP contribution in [0.2, 0.25) is 0 Å². The minimum absolute atomic E-state index is 0.0454. The summed E-state index contributed by atoms with van der Waals surface area (Å²) in [5, 5.41) is 17.1. The second kappa shape index (κ2) is 4.15. The number of hydrogen-bond acceptors (Lipinski definition) is 2. The highest BCUT2D eigenvalue weighted by molar-refractivity contribution is 5.11. The van der Waals surface area contributed by atoms with Crippen LogP contribution in [0, 0.1) is 0 Å². The van der Waals surface area contributed by atoms with E-state index in [2.05, 4.69) is 0 Å². The van der Waals surface area contributed by atoms with Crippen LogP contribution in [-0.4, -0.2) is 16.8 Å². The molecule has 0 atom stereocenters. The second-order valence-electron chi connectivity index (χ2n) is 1.98. The van der Waals surface area contributed by atoms with Crippen LogP contribution in [-0.2, 0) is 0 Å². The first-order valence-electron chi connectivity index (χ1n) is 2.80. The summed E-state index contributed by atoms with van der Waals surface area (Å²) < 4.78 is 0. The molecule has 0 amide bonds. The molecule has 0 aromatic rings. The molecule has 0 fully saturated rings. The molecular weight excluding hydrogens is 116 g/mol. The molecule has 0 aliphatic carbocycles. The molecule has 52 valence electrons. The fraction of sp³-hybridized carbons (Fsp3) is 0.429. The van der Waals surface area contributed by atoms with Gasteiger partial charge < -0.3 is 10.2 Å². The van der Waals surface area contributed by atoms with Crippen molar-refractivity contribution in [2.75, 3.05) is 6.61 Å². The van der Waals surface area contributed by atoms with Gasteiger partial charge in [-0.05, 0) is 25.5 Å². The lowest BCUT2D eigenvalue weighted by Crippen LogP contribution is -1.81. The summed E-state index contributed by atoms with van der Waals surface area (Å²) in [6.07, 6.45) is 3.22. The average Bonchev–Trinajstić information content (AvgIpc) is 1.83. The fourth-order valence-electron chi connectivity index (χ4n) is 0.316. The molecule has 0 aromatic heterocycles. The van der Waals surface area contributed by atoms with E-state index in [9.17, 15) is 0 Å². The Balaban J connectivity index is 3.83. The zero-order valence-corrected chi connectivity index (χ0v) is 5.76. The van der Waals surface area contributed by atoms with Crippen molar-refractivity contribution in [3.8, 4) is 0 Å². The topological polar surface area (TPSA) is 40.5 Å². The molecule has 9 heavy (non-hydrogen) atoms. The highest BCUT2D eigenvalue weighted by Gasteiger charge is 1.80. The highest BCUT2D eigenvalue weighted by Crippen LogP contribution is 1.92. The second-order valence-corrected chi connectivity index (χ2v) is 1.98. The van der Waals surface area contributed by atoms with Crippen molar-refractivity contribution in [1.82, 2.24) is 0 Å². The van der Waals surface area contributed by atoms with E-state index in [1.54, 1.807) is 26.0 Å². The van der Waals surface area contributed by atoms with Crippen molar-refractivity contribution in [3.63, 3.8) is 0 Å². The van der Waals surface area contributed by atoms with Crippen molar-refractivity contribution in [3.05, 3.63) is 23.5 Å². The lowest BCUT2D eigenvalue weighted by atomic mass is 10.3. The minimum Gasteiger partial charge on any atom is -0.513 e. The Kier molecular flexibility index (Phi) is 3.80. The fourth-order valence-corrected chi connectivity index (χ4v) is 0.316. The third-order valence-electron chi connectivity index (χ3n) is 0.858. The number of hydrogen-bond donors (Lipinski definition) is 2. The summed E-state index contributed by atoms with van der Waals surface area (Å²) >= 11 is 0. The smallest absolute Gasteiger partial charge is 0.0891 e. The van der Waals surface area contributed by atoms with Crippen LogP contribution in [0.15, 0.2) is 23.5 Å². The summed E-state index contributed by atoms with van der Waals surface area (Å²) in [6, 6.07) is 0. The van der Waals surface area contributed by atoms with Crippen LogP contribution in [0.25, 0.3) is 0 Å². The summed E-state index contributed by atoms with van der Waals surface area (Å²) in [5.74, 6) is 0.253. The van der Waals surface area contributed by atoms with E-state index in [-0.39, 0.29) is 12.4 Å². The molecule has 0 bridgehead atoms. The normalized spacial score (nSPS) is 14.1. The molecule has 2 heteroatoms. The van der Waals surface area contributed by atoms with E-state index >= 15 is 0 Å². The van der Waals surface area contributed by atoms with Gasteiger partial charge in [-0.25, -0.2) is 0 Å². The molecule has 2 nitrogen and oxygen atoms in total. The van der Waals surface area contributed by atoms with E-state index in [1.807, 2.05) is 0 Å². The minimum atomic E-state index is 0.0454. The van der Waals surface area contributed by atoms with E-state index in [0.717, 1.165) is 5.57 Å². The zero-order chi connectivity index (χ0) is 7.28. The maximum absolute atomic E-state index is 8.63. The number of aliphatic hydroxyl groups is 2. The standard InChI is InChI=1S/C7H12O2/c1-6(5-8)3-4-7(2)9/h3-4,8-9H,5H2,1-2H3/b6-3-,7-4+. The van der Waals surface area contributed by atoms with Crippen LogP contribution >= 0.6 is 0 Å². The maximum Gasteiger partial charge on any atom is 0.0891 e. The van der Waals surface area contributed by atoms with Crippen molar-refractivity contribution >= 4 is 0 Å². The van der Waals surface area contributed by atoms with Crippen LogP contribution in [0.3, 0.4) is 0 Å². The van der Waals surface area contributed by atoms with Gasteiger partial charge in [-0.15, -0.1) is 0 Å². The van der Waals surface area contributed by atoms with Gasteiger partial charge in [-0.2, -0.15) is 0 Å². The Hall–Kier alpha value is -0.760. The summed E-state index contributed by atoms with van der Waals surface area (Å²) in [6.45, 7) is 3.42. The van der Waals surface area contributed by atoms with E-state index in [4.69, 9.17) is 10.2 Å². The van der Waals surface area contributed by atoms with Gasteiger partial charge >= 0.3 is 0 Å². The zero-order valence-electron chi connectivity index (χ0n) is 5.76. The first kappa shape index (κ1) is 8.24. The Bertz CT molecular complexity index is 130. The lowest BCUT2D eigenvalue weighted by molar-refractivity contribution is 0.331. The van der Waals surface area contributed by atoms with Crippen molar-refractivity contribution in [2.24, 2.45) is 0 Å². The van der Waals surface area contributed by atoms with Crippen molar-refractivity contribution in [2.45, 2.75) is 13.8 Å². The molecule has 0 radical (unpaired) electrons. The summed E-state index contributed by atoms with van der Waals surface area (Å²) in [5.41, 5.74) is 0.836. The van der Waals surface area contributed by atoms with Gasteiger partial charge in [0.2, 0.25) is 0 Å². The van der Waals surface area contributed by atoms with Crippen molar-refractivity contribution < 1.29 is 10.2 Å². The Labute approximate surface area is 55.1 Å². The third-order valence-corrected chi connectivity index (χ3v) is 0.858. The molecule has 0 aliphatic heterocycles. The maximum atomic E-state index is 8.63. The van der Waals surface area contributed by atoms with E-state index in [0.29, 0.717) is 0 Å². The molecule has 0 spiro atoms. The third kappa shape index (κ3) is 5.11. The Morgan fingerprint density at radius 1 is 1.33 bits per heavy atom. The summed E-state index contributed by atoms with van der Waals surface area (Å²) in [7, 11) is 0. The number of aliphatic hydroxyl groups excluding tert-OH is 2. The van der Waals surface area contributed by atoms with Gasteiger partial charge in [0.1, 0.15) is 0 Å². The van der Waals surface area contributed by atoms with Gasteiger partial charge in [0, 0.05) is 0 Å². The monoisotopic (exact) mass is 128 g/mol. The quantitative estimate of drug-likeness (QED) is 0.435. The first-order chi connectivity index (χ1) is 4.16. The molecule has 2 N–H and O–H groups in total. The number of rotatable bonds is 2. The average molecular weight is 128 g/mol. The van der Waals surface area contributed by atoms with Gasteiger partial charge in [0.15, 0.2) is 0 Å². The Morgan fingerprint density at radius 2 is 1.89 bits per heavy atom. The SMILES string of the molecule is C/C(=C/C=C(\C)O)CO. The Morgan fingerprint density at radius 3 is 2.22 bits per heavy atom. The van der Waals surface area contributed by atoms with Crippen LogP contribution in [0.5, 0.6) is 0 Å². The summed E-state index contributed by atoms with van der Waals surface area (Å²) in [4.78, 5) is 0. The molecule has 0 saturated carbocycles. The van der Waals surface area contributed by atoms with Gasteiger partial charge in [0.25, 0.3) is 0 Å². The molecular formula is C7H12O2. The van der Waals surface area contributed by atoms with Gasteiger partial charge in [-0.3, -0.25) is 0 Å². The molecule has 0 aliphatic rings. The molecule has 0 heterocycles. The van der Waals surface area contributed by atoms with E-state index in [1.165, 1.54) is 0 Å². The van der Waals surface area contributed by atoms with Crippen LogP contribution in [0.4, 0.5) is 0 Å². The predicted molar refractivity (Wildman–Crippen MR) is 37.2 cm³/mol. The molecule has 0 aromatic carbocycles. The molecule has 0 rings (SSSR count). The first-order valence-corrected chi connectivity index (χ1v) is 2.80. The lowest BCUT2D eigenvalue weighted by Gasteiger charge is -1.89. The number of allylic oxidation sites excluding steroid dienone is 3. The van der Waals surface area contributed by atoms with Gasteiger partial charge in [0.05, 0.1) is 12.4 Å². The highest BCUT2D eigenvalue weighted by atomic mass is 16.3. The van der Waals surface area contributed by atoms with E-state index < -0.39 is 0 Å².